The van der Waals surface area contributed by atoms with Crippen LogP contribution in [0.2, 0.25) is 0 Å². The molecule has 0 saturated heterocycles. The Labute approximate surface area is 110 Å². The molecule has 0 bridgehead atoms. The van der Waals surface area contributed by atoms with Crippen LogP contribution in [0.5, 0.6) is 5.75 Å². The summed E-state index contributed by atoms with van der Waals surface area (Å²) < 4.78 is 28.1. The molecule has 1 aromatic rings. The van der Waals surface area contributed by atoms with E-state index in [1.807, 2.05) is 0 Å². The van der Waals surface area contributed by atoms with E-state index in [-0.39, 0.29) is 24.1 Å². The van der Waals surface area contributed by atoms with Crippen LogP contribution in [-0.4, -0.2) is 32.3 Å². The lowest BCUT2D eigenvalue weighted by molar-refractivity contribution is -0.122. The molecule has 1 heterocycles. The smallest absolute Gasteiger partial charge is 0.289 e. The summed E-state index contributed by atoms with van der Waals surface area (Å²) in [6, 6.07) is 5.67. The number of benzene rings is 1. The summed E-state index contributed by atoms with van der Waals surface area (Å²) in [5.74, 6) is 0.0459. The van der Waals surface area contributed by atoms with E-state index >= 15 is 0 Å². The molecule has 102 valence electrons. The van der Waals surface area contributed by atoms with Gasteiger partial charge in [-0.1, -0.05) is 0 Å². The summed E-state index contributed by atoms with van der Waals surface area (Å²) in [5, 5.41) is 2.62. The van der Waals surface area contributed by atoms with Gasteiger partial charge in [0.25, 0.3) is 5.91 Å². The van der Waals surface area contributed by atoms with Gasteiger partial charge < -0.3 is 19.5 Å². The number of nitrogens with one attached hydrogen (secondary N) is 1. The van der Waals surface area contributed by atoms with Gasteiger partial charge in [-0.15, -0.1) is 0 Å². The SMILES string of the molecule is O=C(NCCOc1ccc(F)cc1)C1=COCCO1. The average molecular weight is 267 g/mol. The van der Waals surface area contributed by atoms with Gasteiger partial charge in [-0.2, -0.15) is 0 Å². The number of carbonyl (C=O) groups excluding carboxylic acids is 1. The van der Waals surface area contributed by atoms with Crippen molar-refractivity contribution in [2.45, 2.75) is 0 Å². The maximum Gasteiger partial charge on any atom is 0.289 e. The van der Waals surface area contributed by atoms with Gasteiger partial charge in [0.1, 0.15) is 37.6 Å². The fourth-order valence-electron chi connectivity index (χ4n) is 1.44. The van der Waals surface area contributed by atoms with Gasteiger partial charge in [0.05, 0.1) is 6.54 Å². The number of hydrogen-bond acceptors (Lipinski definition) is 4. The quantitative estimate of drug-likeness (QED) is 0.815. The third-order valence-corrected chi connectivity index (χ3v) is 2.34. The highest BCUT2D eigenvalue weighted by atomic mass is 19.1. The number of rotatable bonds is 5. The van der Waals surface area contributed by atoms with Crippen LogP contribution in [0.3, 0.4) is 0 Å². The monoisotopic (exact) mass is 267 g/mol. The Balaban J connectivity index is 1.67. The summed E-state index contributed by atoms with van der Waals surface area (Å²) in [7, 11) is 0. The van der Waals surface area contributed by atoms with Crippen LogP contribution in [0, 0.1) is 5.82 Å². The molecule has 5 nitrogen and oxygen atoms in total. The number of halogens is 1. The van der Waals surface area contributed by atoms with Gasteiger partial charge in [0.2, 0.25) is 5.76 Å². The second kappa shape index (κ2) is 6.63. The second-order valence-corrected chi connectivity index (χ2v) is 3.76. The zero-order valence-corrected chi connectivity index (χ0v) is 10.2. The molecule has 19 heavy (non-hydrogen) atoms. The van der Waals surface area contributed by atoms with E-state index in [0.29, 0.717) is 25.5 Å². The Morgan fingerprint density at radius 1 is 1.32 bits per heavy atom. The van der Waals surface area contributed by atoms with Crippen LogP contribution in [0.4, 0.5) is 4.39 Å². The molecule has 0 saturated carbocycles. The molecule has 1 N–H and O–H groups in total. The van der Waals surface area contributed by atoms with E-state index in [4.69, 9.17) is 14.2 Å². The normalized spacial score (nSPS) is 13.8. The van der Waals surface area contributed by atoms with Crippen molar-refractivity contribution in [3.63, 3.8) is 0 Å². The topological polar surface area (TPSA) is 56.8 Å². The third-order valence-electron chi connectivity index (χ3n) is 2.34. The Kier molecular flexibility index (Phi) is 4.60. The highest BCUT2D eigenvalue weighted by molar-refractivity contribution is 5.91. The first-order chi connectivity index (χ1) is 9.25. The molecular weight excluding hydrogens is 253 g/mol. The minimum atomic E-state index is -0.345. The molecule has 0 atom stereocenters. The average Bonchev–Trinajstić information content (AvgIpc) is 2.46. The predicted molar refractivity (Wildman–Crippen MR) is 64.9 cm³/mol. The van der Waals surface area contributed by atoms with Crippen LogP contribution >= 0.6 is 0 Å². The molecule has 1 aliphatic heterocycles. The van der Waals surface area contributed by atoms with Gasteiger partial charge in [0.15, 0.2) is 0 Å². The van der Waals surface area contributed by atoms with Crippen LogP contribution in [0.25, 0.3) is 0 Å². The van der Waals surface area contributed by atoms with Crippen molar-refractivity contribution in [3.05, 3.63) is 42.1 Å². The number of amides is 1. The zero-order valence-electron chi connectivity index (χ0n) is 10.2. The van der Waals surface area contributed by atoms with E-state index in [1.165, 1.54) is 30.5 Å². The standard InChI is InChI=1S/C13H14FNO4/c14-10-1-3-11(4-2-10)18-6-5-15-13(16)12-9-17-7-8-19-12/h1-4,9H,5-8H2,(H,15,16). The fraction of sp³-hybridized carbons (Fsp3) is 0.308. The molecule has 0 unspecified atom stereocenters. The van der Waals surface area contributed by atoms with Crippen molar-refractivity contribution in [1.82, 2.24) is 5.32 Å². The first kappa shape index (κ1) is 13.2. The molecule has 0 fully saturated rings. The lowest BCUT2D eigenvalue weighted by atomic mass is 10.3. The van der Waals surface area contributed by atoms with Crippen molar-refractivity contribution >= 4 is 5.91 Å². The molecule has 1 aliphatic rings. The van der Waals surface area contributed by atoms with Crippen molar-refractivity contribution in [3.8, 4) is 5.75 Å². The maximum atomic E-state index is 12.6. The van der Waals surface area contributed by atoms with E-state index in [9.17, 15) is 9.18 Å². The lowest BCUT2D eigenvalue weighted by Gasteiger charge is -2.15. The molecule has 0 aliphatic carbocycles. The number of ether oxygens (including phenoxy) is 3. The molecule has 0 aromatic heterocycles. The first-order valence-corrected chi connectivity index (χ1v) is 5.87. The zero-order chi connectivity index (χ0) is 13.5. The van der Waals surface area contributed by atoms with Crippen LogP contribution in [0.15, 0.2) is 36.3 Å². The van der Waals surface area contributed by atoms with Crippen molar-refractivity contribution < 1.29 is 23.4 Å². The summed E-state index contributed by atoms with van der Waals surface area (Å²) in [4.78, 5) is 11.6. The minimum absolute atomic E-state index is 0.160. The van der Waals surface area contributed by atoms with E-state index < -0.39 is 0 Å². The minimum Gasteiger partial charge on any atom is -0.494 e. The van der Waals surface area contributed by atoms with E-state index in [1.54, 1.807) is 0 Å². The number of hydrogen-bond donors (Lipinski definition) is 1. The first-order valence-electron chi connectivity index (χ1n) is 5.87. The summed E-state index contributed by atoms with van der Waals surface area (Å²) in [6.45, 7) is 1.41. The van der Waals surface area contributed by atoms with Gasteiger partial charge in [-0.05, 0) is 24.3 Å². The predicted octanol–water partition coefficient (Wildman–Crippen LogP) is 1.21. The molecule has 0 radical (unpaired) electrons. The highest BCUT2D eigenvalue weighted by Crippen LogP contribution is 2.10. The summed E-state index contributed by atoms with van der Waals surface area (Å²) in [6.07, 6.45) is 1.29. The van der Waals surface area contributed by atoms with Crippen LogP contribution in [0.1, 0.15) is 0 Å². The summed E-state index contributed by atoms with van der Waals surface area (Å²) in [5.41, 5.74) is 0. The Bertz CT molecular complexity index is 458. The molecule has 6 heteroatoms. The fourth-order valence-corrected chi connectivity index (χ4v) is 1.44. The van der Waals surface area contributed by atoms with Crippen molar-refractivity contribution in [2.24, 2.45) is 0 Å². The second-order valence-electron chi connectivity index (χ2n) is 3.76. The molecule has 1 aromatic carbocycles. The molecule has 0 spiro atoms. The van der Waals surface area contributed by atoms with Gasteiger partial charge >= 0.3 is 0 Å². The summed E-state index contributed by atoms with van der Waals surface area (Å²) >= 11 is 0. The molecule has 1 amide bonds. The van der Waals surface area contributed by atoms with Crippen LogP contribution < -0.4 is 10.1 Å². The third kappa shape index (κ3) is 4.17. The lowest BCUT2D eigenvalue weighted by Crippen LogP contribution is -2.31. The van der Waals surface area contributed by atoms with Gasteiger partial charge in [-0.3, -0.25) is 4.79 Å². The van der Waals surface area contributed by atoms with Gasteiger partial charge in [0, 0.05) is 0 Å². The molecule has 2 rings (SSSR count). The maximum absolute atomic E-state index is 12.6. The van der Waals surface area contributed by atoms with Gasteiger partial charge in [-0.25, -0.2) is 4.39 Å². The van der Waals surface area contributed by atoms with Crippen molar-refractivity contribution in [2.75, 3.05) is 26.4 Å². The van der Waals surface area contributed by atoms with Crippen LogP contribution in [-0.2, 0) is 14.3 Å². The Morgan fingerprint density at radius 2 is 2.11 bits per heavy atom. The number of carbonyl (C=O) groups is 1. The van der Waals surface area contributed by atoms with Crippen molar-refractivity contribution in [1.29, 1.82) is 0 Å². The van der Waals surface area contributed by atoms with E-state index in [0.717, 1.165) is 0 Å². The Hall–Kier alpha value is -2.24. The van der Waals surface area contributed by atoms with E-state index in [2.05, 4.69) is 5.32 Å². The highest BCUT2D eigenvalue weighted by Gasteiger charge is 2.13. The Morgan fingerprint density at radius 3 is 2.79 bits per heavy atom. The molecular formula is C13H14FNO4. The largest absolute Gasteiger partial charge is 0.494 e.